The Labute approximate surface area is 354 Å². The molecule has 1 unspecified atom stereocenters. The Morgan fingerprint density at radius 3 is 2.59 bits per heavy atom. The molecule has 15 nitrogen and oxygen atoms in total. The van der Waals surface area contributed by atoms with Crippen LogP contribution < -0.4 is 15.5 Å². The first-order chi connectivity index (χ1) is 27.8. The maximum atomic E-state index is 14.1. The first-order valence-corrected chi connectivity index (χ1v) is 21.5. The number of benzene rings is 1. The smallest absolute Gasteiger partial charge is 0.409 e. The Hall–Kier alpha value is -3.96. The highest BCUT2D eigenvalue weighted by molar-refractivity contribution is 8.00. The molecule has 4 heterocycles. The predicted molar refractivity (Wildman–Crippen MR) is 222 cm³/mol. The van der Waals surface area contributed by atoms with Crippen LogP contribution in [0.4, 0.5) is 10.5 Å². The number of hydrogen-bond acceptors (Lipinski definition) is 12. The number of fused-ring (bicyclic) bond motifs is 5. The number of epoxide rings is 1. The number of halogens is 1. The number of nitrogens with one attached hydrogen (secondary N) is 2. The predicted octanol–water partition coefficient (Wildman–Crippen LogP) is 4.38. The molecule has 0 radical (unpaired) electrons. The van der Waals surface area contributed by atoms with E-state index in [0.29, 0.717) is 29.4 Å². The van der Waals surface area contributed by atoms with E-state index >= 15 is 0 Å². The zero-order chi connectivity index (χ0) is 43.4. The number of amides is 5. The molecule has 17 heteroatoms. The Morgan fingerprint density at radius 2 is 1.88 bits per heavy atom. The summed E-state index contributed by atoms with van der Waals surface area (Å²) in [5.74, 6) is -2.77. The number of esters is 1. The molecule has 0 aromatic heterocycles. The van der Waals surface area contributed by atoms with Crippen LogP contribution in [0.25, 0.3) is 0 Å². The fourth-order valence-corrected chi connectivity index (χ4v) is 9.03. The van der Waals surface area contributed by atoms with Gasteiger partial charge in [0, 0.05) is 57.0 Å². The third-order valence-corrected chi connectivity index (χ3v) is 13.3. The van der Waals surface area contributed by atoms with Gasteiger partial charge < -0.3 is 34.3 Å². The Kier molecular flexibility index (Phi) is 15.0. The molecule has 0 aliphatic carbocycles. The van der Waals surface area contributed by atoms with Gasteiger partial charge in [-0.2, -0.15) is 0 Å². The van der Waals surface area contributed by atoms with Crippen molar-refractivity contribution in [1.82, 2.24) is 15.5 Å². The normalized spacial score (nSPS) is 32.0. The number of allylic oxidation sites excluding steroid dienone is 3. The molecular weight excluding hydrogens is 804 g/mol. The number of imide groups is 1. The zero-order valence-corrected chi connectivity index (χ0v) is 36.6. The van der Waals surface area contributed by atoms with Crippen LogP contribution in [0.3, 0.4) is 0 Å². The van der Waals surface area contributed by atoms with E-state index in [1.807, 2.05) is 58.1 Å². The quantitative estimate of drug-likeness (QED) is 0.123. The number of aryl methyl sites for hydroxylation is 1. The molecule has 4 aliphatic rings. The summed E-state index contributed by atoms with van der Waals surface area (Å²) in [7, 11) is 1.61. The van der Waals surface area contributed by atoms with Crippen molar-refractivity contribution in [3.05, 3.63) is 52.1 Å². The van der Waals surface area contributed by atoms with Crippen LogP contribution in [0.1, 0.15) is 78.4 Å². The number of nitrogens with zero attached hydrogens (tertiary/aromatic N) is 2. The van der Waals surface area contributed by atoms with E-state index in [9.17, 15) is 33.9 Å². The number of aliphatic hydroxyl groups is 1. The second-order valence-electron chi connectivity index (χ2n) is 16.1. The van der Waals surface area contributed by atoms with Crippen molar-refractivity contribution >= 4 is 64.7 Å². The molecular formula is C42H57ClN4O11S. The average Bonchev–Trinajstić information content (AvgIpc) is 3.79. The van der Waals surface area contributed by atoms with Crippen molar-refractivity contribution in [2.45, 2.75) is 122 Å². The molecule has 3 saturated heterocycles. The van der Waals surface area contributed by atoms with E-state index in [1.54, 1.807) is 20.9 Å². The summed E-state index contributed by atoms with van der Waals surface area (Å²) in [5.41, 5.74) is 0.395. The number of carbonyl (C=O) groups is 6. The molecule has 0 spiro atoms. The highest BCUT2D eigenvalue weighted by atomic mass is 35.5. The van der Waals surface area contributed by atoms with Gasteiger partial charge in [0.2, 0.25) is 23.6 Å². The summed E-state index contributed by atoms with van der Waals surface area (Å²) in [6.45, 7) is 13.0. The maximum Gasteiger partial charge on any atom is 0.409 e. The van der Waals surface area contributed by atoms with Crippen molar-refractivity contribution in [1.29, 1.82) is 0 Å². The lowest BCUT2D eigenvalue weighted by Crippen LogP contribution is -2.60. The van der Waals surface area contributed by atoms with Gasteiger partial charge >= 0.3 is 12.1 Å². The van der Waals surface area contributed by atoms with Gasteiger partial charge in [0.25, 0.3) is 0 Å². The second-order valence-corrected chi connectivity index (χ2v) is 17.8. The van der Waals surface area contributed by atoms with Crippen molar-refractivity contribution in [3.8, 4) is 0 Å². The Morgan fingerprint density at radius 1 is 1.15 bits per heavy atom. The third kappa shape index (κ3) is 10.9. The first-order valence-electron chi connectivity index (χ1n) is 20.1. The van der Waals surface area contributed by atoms with Crippen molar-refractivity contribution in [3.63, 3.8) is 0 Å². The van der Waals surface area contributed by atoms with Crippen LogP contribution >= 0.6 is 23.4 Å². The van der Waals surface area contributed by atoms with E-state index in [4.69, 9.17) is 30.5 Å². The van der Waals surface area contributed by atoms with Crippen LogP contribution in [0, 0.1) is 18.8 Å². The van der Waals surface area contributed by atoms with E-state index in [1.165, 1.54) is 23.6 Å². The van der Waals surface area contributed by atoms with Gasteiger partial charge in [0.15, 0.2) is 6.10 Å². The SMILES string of the molecule is CCNC(=O)CCN1C(=O)CC(SCCO[C@@H](C)C(=O)O[C@H]2CC(=O)N(C)c3cc(cc(C)c3Cl)C/C(C)=C/C=C/[C@@H](C)[C@@]3(O)C[C@H](OC(=O)N3)[C@@H](C)[C@@H]3O[C@@]23C)C1=O. The van der Waals surface area contributed by atoms with Crippen molar-refractivity contribution in [2.24, 2.45) is 11.8 Å². The summed E-state index contributed by atoms with van der Waals surface area (Å²) >= 11 is 8.01. The highest BCUT2D eigenvalue weighted by Gasteiger charge is 2.64. The van der Waals surface area contributed by atoms with Crippen LogP contribution in [-0.4, -0.2) is 119 Å². The van der Waals surface area contributed by atoms with Gasteiger partial charge in [-0.1, -0.05) is 55.3 Å². The molecule has 1 aromatic rings. The number of rotatable bonds is 11. The molecule has 3 N–H and O–H groups in total. The second kappa shape index (κ2) is 19.2. The number of ether oxygens (including phenoxy) is 4. The Bertz CT molecular complexity index is 1880. The fourth-order valence-electron chi connectivity index (χ4n) is 7.78. The van der Waals surface area contributed by atoms with E-state index in [2.05, 4.69) is 10.6 Å². The molecule has 0 saturated carbocycles. The molecule has 1 aromatic carbocycles. The van der Waals surface area contributed by atoms with Gasteiger partial charge in [-0.05, 0) is 58.2 Å². The van der Waals surface area contributed by atoms with Crippen molar-refractivity contribution < 1.29 is 52.8 Å². The van der Waals surface area contributed by atoms with E-state index in [-0.39, 0.29) is 56.6 Å². The molecule has 324 valence electrons. The lowest BCUT2D eigenvalue weighted by atomic mass is 9.82. The maximum absolute atomic E-state index is 14.1. The van der Waals surface area contributed by atoms with Gasteiger partial charge in [0.05, 0.1) is 35.1 Å². The molecule has 3 fully saturated rings. The zero-order valence-electron chi connectivity index (χ0n) is 35.0. The number of anilines is 1. The van der Waals surface area contributed by atoms with E-state index < -0.39 is 70.8 Å². The van der Waals surface area contributed by atoms with Crippen molar-refractivity contribution in [2.75, 3.05) is 37.4 Å². The highest BCUT2D eigenvalue weighted by Crippen LogP contribution is 2.49. The largest absolute Gasteiger partial charge is 0.457 e. The monoisotopic (exact) mass is 860 g/mol. The molecule has 59 heavy (non-hydrogen) atoms. The van der Waals surface area contributed by atoms with Gasteiger partial charge in [-0.25, -0.2) is 9.59 Å². The summed E-state index contributed by atoms with van der Waals surface area (Å²) in [4.78, 5) is 80.4. The van der Waals surface area contributed by atoms with E-state index in [0.717, 1.165) is 21.6 Å². The lowest BCUT2D eigenvalue weighted by Gasteiger charge is -2.41. The number of hydrogen-bond donors (Lipinski definition) is 3. The summed E-state index contributed by atoms with van der Waals surface area (Å²) in [6, 6.07) is 3.82. The first kappa shape index (κ1) is 46.1. The van der Waals surface area contributed by atoms with Crippen LogP contribution in [0.2, 0.25) is 5.02 Å². The fraction of sp³-hybridized carbons (Fsp3) is 0.619. The van der Waals surface area contributed by atoms with Gasteiger partial charge in [0.1, 0.15) is 23.5 Å². The third-order valence-electron chi connectivity index (χ3n) is 11.6. The molecule has 5 rings (SSSR count). The number of carbonyl (C=O) groups excluding carboxylic acids is 6. The van der Waals surface area contributed by atoms with Gasteiger partial charge in [-0.15, -0.1) is 11.8 Å². The summed E-state index contributed by atoms with van der Waals surface area (Å²) in [6.07, 6.45) is 1.60. The minimum Gasteiger partial charge on any atom is -0.457 e. The molecule has 9 atom stereocenters. The average molecular weight is 861 g/mol. The minimum absolute atomic E-state index is 0.0104. The molecule has 4 bridgehead atoms. The molecule has 4 aliphatic heterocycles. The number of thioether (sulfide) groups is 1. The topological polar surface area (TPSA) is 193 Å². The molecule has 5 amide bonds. The van der Waals surface area contributed by atoms with Crippen LogP contribution in [0.15, 0.2) is 35.9 Å². The minimum atomic E-state index is -1.62. The summed E-state index contributed by atoms with van der Waals surface area (Å²) in [5, 5.41) is 16.7. The lowest BCUT2D eigenvalue weighted by molar-refractivity contribution is -0.165. The standard InChI is InChI=1S/C42H57ClN4O11S/c1-9-44-33(48)13-14-47-35(50)20-31(38(47)51)59-16-15-55-27(6)39(52)57-32-21-34(49)46(8)29-19-28(18-24(3)36(29)43)17-23(2)11-10-12-25(4)42(54)22-30(56-40(53)45-42)26(5)37-41(32,7)58-37/h10-12,18-19,25-27,30-32,37,54H,9,13-17,20-22H2,1-8H3,(H,44,48)(H,45,53)/b12-10+,23-11+/t25-,26-,27+,30+,31?,32+,37+,41+,42+/m1/s1. The Balaban J connectivity index is 1.31. The number of alkyl carbamates (subject to hydrolysis) is 1. The van der Waals surface area contributed by atoms with Crippen LogP contribution in [-0.2, 0) is 49.3 Å². The number of likely N-dealkylation sites (tertiary alicyclic amines) is 1. The van der Waals surface area contributed by atoms with Gasteiger partial charge in [-0.3, -0.25) is 29.4 Å². The van der Waals surface area contributed by atoms with Crippen LogP contribution in [0.5, 0.6) is 0 Å². The summed E-state index contributed by atoms with van der Waals surface area (Å²) < 4.78 is 23.8.